The summed E-state index contributed by atoms with van der Waals surface area (Å²) in [6.45, 7) is 14.7. The number of rotatable bonds is 4. The molecule has 1 unspecified atom stereocenters. The molecule has 1 aliphatic heterocycles. The minimum absolute atomic E-state index is 0. The number of guanidine groups is 1. The third-order valence-electron chi connectivity index (χ3n) is 3.98. The van der Waals surface area contributed by atoms with Gasteiger partial charge >= 0.3 is 6.09 Å². The minimum atomic E-state index is -0.483. The molecule has 2 rings (SSSR count). The second kappa shape index (κ2) is 10.4. The summed E-state index contributed by atoms with van der Waals surface area (Å²) in [5, 5.41) is 7.31. The molecule has 1 aliphatic rings. The third kappa shape index (κ3) is 7.81. The van der Waals surface area contributed by atoms with Crippen LogP contribution in [0.4, 0.5) is 4.79 Å². The molecule has 7 nitrogen and oxygen atoms in total. The predicted molar refractivity (Wildman–Crippen MR) is 121 cm³/mol. The third-order valence-corrected chi connectivity index (χ3v) is 5.04. The highest BCUT2D eigenvalue weighted by molar-refractivity contribution is 14.0. The maximum atomic E-state index is 12.0. The molecule has 0 spiro atoms. The average Bonchev–Trinajstić information content (AvgIpc) is 3.09. The predicted octanol–water partition coefficient (Wildman–Crippen LogP) is 3.44. The van der Waals surface area contributed by atoms with Crippen LogP contribution < -0.4 is 10.6 Å². The highest BCUT2D eigenvalue weighted by atomic mass is 127. The number of thiazole rings is 1. The fraction of sp³-hybridized carbons (Fsp3) is 0.722. The van der Waals surface area contributed by atoms with Crippen LogP contribution in [0.2, 0.25) is 0 Å². The zero-order valence-electron chi connectivity index (χ0n) is 17.1. The van der Waals surface area contributed by atoms with Crippen molar-refractivity contribution in [1.29, 1.82) is 0 Å². The Balaban J connectivity index is 0.00000364. The number of nitrogens with zero attached hydrogens (tertiary/aromatic N) is 3. The van der Waals surface area contributed by atoms with E-state index in [0.717, 1.165) is 42.7 Å². The van der Waals surface area contributed by atoms with Crippen LogP contribution in [0, 0.1) is 13.8 Å². The average molecular weight is 509 g/mol. The van der Waals surface area contributed by atoms with Crippen LogP contribution in [0.5, 0.6) is 0 Å². The second-order valence-electron chi connectivity index (χ2n) is 7.50. The zero-order valence-corrected chi connectivity index (χ0v) is 20.2. The van der Waals surface area contributed by atoms with Gasteiger partial charge in [0.1, 0.15) is 10.6 Å². The number of aromatic nitrogens is 1. The van der Waals surface area contributed by atoms with E-state index in [1.165, 1.54) is 4.88 Å². The first kappa shape index (κ1) is 23.9. The van der Waals surface area contributed by atoms with Crippen molar-refractivity contribution in [3.63, 3.8) is 0 Å². The lowest BCUT2D eigenvalue weighted by Crippen LogP contribution is -2.44. The number of alkyl carbamates (subject to hydrolysis) is 1. The van der Waals surface area contributed by atoms with Crippen molar-refractivity contribution in [2.24, 2.45) is 4.99 Å². The summed E-state index contributed by atoms with van der Waals surface area (Å²) in [5.41, 5.74) is 0.593. The van der Waals surface area contributed by atoms with E-state index in [1.807, 2.05) is 27.7 Å². The molecule has 1 atom stereocenters. The largest absolute Gasteiger partial charge is 0.444 e. The molecule has 154 valence electrons. The van der Waals surface area contributed by atoms with E-state index < -0.39 is 5.60 Å². The molecule has 0 aliphatic carbocycles. The van der Waals surface area contributed by atoms with Gasteiger partial charge in [-0.1, -0.05) is 0 Å². The molecule has 0 bridgehead atoms. The van der Waals surface area contributed by atoms with E-state index in [4.69, 9.17) is 9.73 Å². The summed E-state index contributed by atoms with van der Waals surface area (Å²) in [4.78, 5) is 24.7. The lowest BCUT2D eigenvalue weighted by molar-refractivity contribution is 0.0507. The van der Waals surface area contributed by atoms with E-state index in [0.29, 0.717) is 6.54 Å². The Morgan fingerprint density at radius 2 is 2.11 bits per heavy atom. The molecule has 1 amide bonds. The molecule has 2 N–H and O–H groups in total. The highest BCUT2D eigenvalue weighted by Gasteiger charge is 2.27. The van der Waals surface area contributed by atoms with Gasteiger partial charge in [-0.25, -0.2) is 14.8 Å². The Morgan fingerprint density at radius 3 is 2.67 bits per heavy atom. The monoisotopic (exact) mass is 509 g/mol. The van der Waals surface area contributed by atoms with Gasteiger partial charge in [0.2, 0.25) is 0 Å². The Labute approximate surface area is 183 Å². The van der Waals surface area contributed by atoms with Crippen molar-refractivity contribution in [2.45, 2.75) is 66.2 Å². The molecular formula is C18H32IN5O2S. The summed E-state index contributed by atoms with van der Waals surface area (Å²) in [5.74, 6) is 0.867. The number of aryl methyl sites for hydroxylation is 2. The van der Waals surface area contributed by atoms with E-state index >= 15 is 0 Å². The van der Waals surface area contributed by atoms with Gasteiger partial charge in [0.15, 0.2) is 5.96 Å². The molecule has 2 heterocycles. The molecule has 0 saturated carbocycles. The van der Waals surface area contributed by atoms with Crippen molar-refractivity contribution in [1.82, 2.24) is 20.5 Å². The number of amides is 1. The number of hydrogen-bond donors (Lipinski definition) is 2. The Bertz CT molecular complexity index is 637. The second-order valence-corrected chi connectivity index (χ2v) is 8.78. The topological polar surface area (TPSA) is 78.9 Å². The van der Waals surface area contributed by atoms with Crippen molar-refractivity contribution in [2.75, 3.05) is 19.6 Å². The number of aliphatic imine (C=N–C) groups is 1. The molecule has 9 heteroatoms. The van der Waals surface area contributed by atoms with Crippen LogP contribution >= 0.6 is 35.3 Å². The number of nitrogens with one attached hydrogen (secondary N) is 2. The highest BCUT2D eigenvalue weighted by Crippen LogP contribution is 2.18. The molecular weight excluding hydrogens is 477 g/mol. The van der Waals surface area contributed by atoms with Crippen LogP contribution in [-0.2, 0) is 11.3 Å². The van der Waals surface area contributed by atoms with Crippen LogP contribution in [0.15, 0.2) is 4.99 Å². The lowest BCUT2D eigenvalue weighted by Gasteiger charge is -2.23. The van der Waals surface area contributed by atoms with Crippen molar-refractivity contribution < 1.29 is 9.53 Å². The first-order valence-corrected chi connectivity index (χ1v) is 9.95. The van der Waals surface area contributed by atoms with E-state index in [9.17, 15) is 4.79 Å². The molecule has 27 heavy (non-hydrogen) atoms. The minimum Gasteiger partial charge on any atom is -0.444 e. The summed E-state index contributed by atoms with van der Waals surface area (Å²) in [6.07, 6.45) is 0.513. The van der Waals surface area contributed by atoms with Crippen molar-refractivity contribution in [3.05, 3.63) is 15.6 Å². The number of carbonyl (C=O) groups is 1. The smallest absolute Gasteiger partial charge is 0.407 e. The van der Waals surface area contributed by atoms with Gasteiger partial charge in [-0.3, -0.25) is 0 Å². The number of likely N-dealkylation sites (tertiary alicyclic amines) is 1. The van der Waals surface area contributed by atoms with Gasteiger partial charge in [0.25, 0.3) is 0 Å². The van der Waals surface area contributed by atoms with Gasteiger partial charge in [-0.05, 0) is 48.0 Å². The molecule has 1 saturated heterocycles. The van der Waals surface area contributed by atoms with E-state index in [-0.39, 0.29) is 36.1 Å². The summed E-state index contributed by atoms with van der Waals surface area (Å²) in [7, 11) is 0. The molecule has 1 fully saturated rings. The van der Waals surface area contributed by atoms with E-state index in [2.05, 4.69) is 34.4 Å². The molecule has 0 radical (unpaired) electrons. The Kier molecular flexibility index (Phi) is 9.26. The lowest BCUT2D eigenvalue weighted by atomic mass is 10.2. The van der Waals surface area contributed by atoms with Crippen molar-refractivity contribution in [3.8, 4) is 0 Å². The van der Waals surface area contributed by atoms with Crippen LogP contribution in [0.25, 0.3) is 0 Å². The van der Waals surface area contributed by atoms with Gasteiger partial charge in [0.05, 0.1) is 18.3 Å². The van der Waals surface area contributed by atoms with Gasteiger partial charge in [0, 0.05) is 24.5 Å². The molecule has 1 aromatic rings. The van der Waals surface area contributed by atoms with Crippen LogP contribution in [-0.4, -0.2) is 53.2 Å². The summed E-state index contributed by atoms with van der Waals surface area (Å²) >= 11 is 1.69. The number of carbonyl (C=O) groups excluding carboxylic acids is 1. The quantitative estimate of drug-likeness (QED) is 0.370. The van der Waals surface area contributed by atoms with Gasteiger partial charge in [-0.2, -0.15) is 0 Å². The maximum Gasteiger partial charge on any atom is 0.407 e. The van der Waals surface area contributed by atoms with Gasteiger partial charge < -0.3 is 20.3 Å². The van der Waals surface area contributed by atoms with Crippen LogP contribution in [0.1, 0.15) is 49.7 Å². The normalized spacial score (nSPS) is 17.5. The van der Waals surface area contributed by atoms with Crippen LogP contribution in [0.3, 0.4) is 0 Å². The number of ether oxygens (including phenoxy) is 1. The Morgan fingerprint density at radius 1 is 1.41 bits per heavy atom. The first-order valence-electron chi connectivity index (χ1n) is 9.13. The van der Waals surface area contributed by atoms with Crippen molar-refractivity contribution >= 4 is 47.4 Å². The molecule has 1 aromatic heterocycles. The fourth-order valence-electron chi connectivity index (χ4n) is 2.72. The van der Waals surface area contributed by atoms with Gasteiger partial charge in [-0.15, -0.1) is 35.3 Å². The summed E-state index contributed by atoms with van der Waals surface area (Å²) in [6, 6.07) is 0.0676. The maximum absolute atomic E-state index is 12.0. The zero-order chi connectivity index (χ0) is 19.3. The molecule has 0 aromatic carbocycles. The fourth-order valence-corrected chi connectivity index (χ4v) is 3.58. The summed E-state index contributed by atoms with van der Waals surface area (Å²) < 4.78 is 5.34. The SMILES string of the molecule is CCNC(=NCc1nc(C)c(C)s1)N1CCC(NC(=O)OC(C)(C)C)C1.I. The standard InChI is InChI=1S/C18H31N5O2S.HI/c1-7-19-16(20-10-15-21-12(2)13(3)26-15)23-9-8-14(11-23)22-17(24)25-18(4,5)6;/h14H,7-11H2,1-6H3,(H,19,20)(H,22,24);1H. The Hall–Kier alpha value is -1.10. The number of halogens is 1. The van der Waals surface area contributed by atoms with E-state index in [1.54, 1.807) is 11.3 Å². The number of hydrogen-bond acceptors (Lipinski definition) is 5. The first-order chi connectivity index (χ1) is 12.2.